The van der Waals surface area contributed by atoms with Gasteiger partial charge in [-0.15, -0.1) is 0 Å². The fraction of sp³-hybridized carbons (Fsp3) is 0.231. The van der Waals surface area contributed by atoms with Crippen LogP contribution >= 0.6 is 0 Å². The molecule has 0 radical (unpaired) electrons. The van der Waals surface area contributed by atoms with Crippen LogP contribution in [0.5, 0.6) is 0 Å². The monoisotopic (exact) mass is 272 g/mol. The van der Waals surface area contributed by atoms with Gasteiger partial charge < -0.3 is 10.0 Å². The third-order valence-corrected chi connectivity index (χ3v) is 3.42. The lowest BCUT2D eigenvalue weighted by atomic mass is 9.94. The van der Waals surface area contributed by atoms with Crippen LogP contribution in [0.3, 0.4) is 0 Å². The van der Waals surface area contributed by atoms with Gasteiger partial charge in [-0.1, -0.05) is 12.1 Å². The first-order valence-corrected chi connectivity index (χ1v) is 6.16. The van der Waals surface area contributed by atoms with E-state index in [4.69, 9.17) is 5.11 Å². The minimum atomic E-state index is -0.932. The van der Waals surface area contributed by atoms with Crippen molar-refractivity contribution >= 4 is 11.9 Å². The third-order valence-electron chi connectivity index (χ3n) is 3.42. The number of carbonyl (C=O) groups excluding carboxylic acids is 1. The maximum absolute atomic E-state index is 12.2. The van der Waals surface area contributed by atoms with Crippen molar-refractivity contribution in [2.75, 3.05) is 6.54 Å². The van der Waals surface area contributed by atoms with E-state index < -0.39 is 5.97 Å². The van der Waals surface area contributed by atoms with Gasteiger partial charge in [-0.2, -0.15) is 15.4 Å². The lowest BCUT2D eigenvalue weighted by molar-refractivity contribution is 0.0694. The Bertz CT molecular complexity index is 666. The van der Waals surface area contributed by atoms with Gasteiger partial charge in [0.05, 0.1) is 11.8 Å². The summed E-state index contributed by atoms with van der Waals surface area (Å²) < 4.78 is 0. The van der Waals surface area contributed by atoms with Crippen molar-refractivity contribution in [2.24, 2.45) is 0 Å². The number of carboxylic acid groups (broad SMARTS) is 1. The highest BCUT2D eigenvalue weighted by atomic mass is 16.4. The molecule has 102 valence electrons. The Morgan fingerprint density at radius 2 is 2.20 bits per heavy atom. The summed E-state index contributed by atoms with van der Waals surface area (Å²) in [4.78, 5) is 25.0. The van der Waals surface area contributed by atoms with E-state index in [0.29, 0.717) is 25.1 Å². The number of aromatic nitrogens is 3. The molecule has 0 saturated heterocycles. The van der Waals surface area contributed by atoms with E-state index in [-0.39, 0.29) is 11.6 Å². The van der Waals surface area contributed by atoms with Gasteiger partial charge in [0.1, 0.15) is 0 Å². The van der Waals surface area contributed by atoms with Crippen LogP contribution < -0.4 is 0 Å². The van der Waals surface area contributed by atoms with Crippen molar-refractivity contribution in [3.63, 3.8) is 0 Å². The molecule has 0 bridgehead atoms. The van der Waals surface area contributed by atoms with Gasteiger partial charge in [-0.25, -0.2) is 4.79 Å². The number of H-pyrrole nitrogens is 1. The fourth-order valence-corrected chi connectivity index (χ4v) is 2.45. The molecular weight excluding hydrogens is 260 g/mol. The van der Waals surface area contributed by atoms with Gasteiger partial charge in [0.25, 0.3) is 5.91 Å². The molecule has 20 heavy (non-hydrogen) atoms. The second kappa shape index (κ2) is 4.76. The normalized spacial score (nSPS) is 13.9. The molecule has 0 saturated carbocycles. The van der Waals surface area contributed by atoms with Gasteiger partial charge in [0, 0.05) is 13.1 Å². The topological polar surface area (TPSA) is 99.2 Å². The summed E-state index contributed by atoms with van der Waals surface area (Å²) in [6.07, 6.45) is 1.91. The first-order chi connectivity index (χ1) is 9.66. The molecule has 3 rings (SSSR count). The van der Waals surface area contributed by atoms with E-state index in [2.05, 4.69) is 15.4 Å². The lowest BCUT2D eigenvalue weighted by Crippen LogP contribution is -2.36. The minimum Gasteiger partial charge on any atom is -0.478 e. The number of amides is 1. The van der Waals surface area contributed by atoms with Crippen molar-refractivity contribution in [3.05, 3.63) is 46.8 Å². The maximum atomic E-state index is 12.2. The lowest BCUT2D eigenvalue weighted by Gasteiger charge is -2.29. The standard InChI is InChI=1S/C13H12N4O3/c18-12(11-6-14-16-15-11)17-5-4-9-8(7-17)2-1-3-10(9)13(19)20/h1-3,6H,4-5,7H2,(H,19,20)(H,14,15,16). The summed E-state index contributed by atoms with van der Waals surface area (Å²) in [5.41, 5.74) is 2.26. The molecule has 2 N–H and O–H groups in total. The molecule has 2 heterocycles. The van der Waals surface area contributed by atoms with Crippen LogP contribution in [0.25, 0.3) is 0 Å². The Hall–Kier alpha value is -2.70. The number of carbonyl (C=O) groups is 2. The second-order valence-corrected chi connectivity index (χ2v) is 4.58. The van der Waals surface area contributed by atoms with E-state index in [1.54, 1.807) is 17.0 Å². The largest absolute Gasteiger partial charge is 0.478 e. The van der Waals surface area contributed by atoms with Crippen LogP contribution in [0.4, 0.5) is 0 Å². The van der Waals surface area contributed by atoms with E-state index in [1.807, 2.05) is 6.07 Å². The zero-order chi connectivity index (χ0) is 14.1. The highest BCUT2D eigenvalue weighted by molar-refractivity contribution is 5.93. The number of benzene rings is 1. The van der Waals surface area contributed by atoms with Crippen molar-refractivity contribution < 1.29 is 14.7 Å². The zero-order valence-electron chi connectivity index (χ0n) is 10.5. The molecule has 1 aromatic heterocycles. The highest BCUT2D eigenvalue weighted by Crippen LogP contribution is 2.23. The third kappa shape index (κ3) is 2.03. The van der Waals surface area contributed by atoms with E-state index in [0.717, 1.165) is 11.1 Å². The van der Waals surface area contributed by atoms with Crippen LogP contribution in [-0.4, -0.2) is 43.8 Å². The SMILES string of the molecule is O=C(O)c1cccc2c1CCN(C(=O)c1cn[nH]n1)C2. The molecule has 2 aromatic rings. The fourth-order valence-electron chi connectivity index (χ4n) is 2.45. The summed E-state index contributed by atoms with van der Waals surface area (Å²) in [6.45, 7) is 0.866. The van der Waals surface area contributed by atoms with Crippen LogP contribution in [0.1, 0.15) is 32.0 Å². The molecular formula is C13H12N4O3. The molecule has 7 heteroatoms. The number of nitrogens with one attached hydrogen (secondary N) is 1. The van der Waals surface area contributed by atoms with Crippen molar-refractivity contribution in [1.82, 2.24) is 20.3 Å². The molecule has 1 aromatic carbocycles. The van der Waals surface area contributed by atoms with Gasteiger partial charge >= 0.3 is 5.97 Å². The molecule has 0 fully saturated rings. The van der Waals surface area contributed by atoms with Gasteiger partial charge in [-0.05, 0) is 23.6 Å². The summed E-state index contributed by atoms with van der Waals surface area (Å²) in [7, 11) is 0. The number of carboxylic acids is 1. The average molecular weight is 272 g/mol. The average Bonchev–Trinajstić information content (AvgIpc) is 2.99. The number of rotatable bonds is 2. The molecule has 1 amide bonds. The van der Waals surface area contributed by atoms with E-state index in [1.165, 1.54) is 6.20 Å². The summed E-state index contributed by atoms with van der Waals surface area (Å²) in [5.74, 6) is -1.14. The second-order valence-electron chi connectivity index (χ2n) is 4.58. The van der Waals surface area contributed by atoms with Crippen LogP contribution in [0, 0.1) is 0 Å². The maximum Gasteiger partial charge on any atom is 0.335 e. The molecule has 0 unspecified atom stereocenters. The summed E-state index contributed by atoms with van der Waals surface area (Å²) in [5, 5.41) is 19.0. The number of aromatic carboxylic acids is 1. The number of nitrogens with zero attached hydrogens (tertiary/aromatic N) is 3. The van der Waals surface area contributed by atoms with Gasteiger partial charge in [0.15, 0.2) is 5.69 Å². The van der Waals surface area contributed by atoms with Crippen molar-refractivity contribution in [2.45, 2.75) is 13.0 Å². The number of hydrogen-bond acceptors (Lipinski definition) is 4. The molecule has 1 aliphatic rings. The van der Waals surface area contributed by atoms with E-state index >= 15 is 0 Å². The summed E-state index contributed by atoms with van der Waals surface area (Å²) in [6, 6.07) is 5.15. The Labute approximate surface area is 114 Å². The number of aromatic amines is 1. The first kappa shape index (κ1) is 12.3. The van der Waals surface area contributed by atoms with Crippen LogP contribution in [0.15, 0.2) is 24.4 Å². The predicted octanol–water partition coefficient (Wildman–Crippen LogP) is 0.701. The van der Waals surface area contributed by atoms with Gasteiger partial charge in [0.2, 0.25) is 0 Å². The molecule has 0 aliphatic carbocycles. The van der Waals surface area contributed by atoms with Gasteiger partial charge in [-0.3, -0.25) is 4.79 Å². The molecule has 0 atom stereocenters. The Kier molecular flexibility index (Phi) is 2.94. The Morgan fingerprint density at radius 1 is 1.35 bits per heavy atom. The molecule has 1 aliphatic heterocycles. The van der Waals surface area contributed by atoms with Crippen molar-refractivity contribution in [3.8, 4) is 0 Å². The Balaban J connectivity index is 1.88. The molecule has 0 spiro atoms. The quantitative estimate of drug-likeness (QED) is 0.838. The molecule has 7 nitrogen and oxygen atoms in total. The van der Waals surface area contributed by atoms with Crippen molar-refractivity contribution in [1.29, 1.82) is 0 Å². The minimum absolute atomic E-state index is 0.204. The Morgan fingerprint density at radius 3 is 2.90 bits per heavy atom. The van der Waals surface area contributed by atoms with Crippen LogP contribution in [0.2, 0.25) is 0 Å². The van der Waals surface area contributed by atoms with E-state index in [9.17, 15) is 9.59 Å². The predicted molar refractivity (Wildman–Crippen MR) is 68.2 cm³/mol. The smallest absolute Gasteiger partial charge is 0.335 e. The first-order valence-electron chi connectivity index (χ1n) is 6.16. The summed E-state index contributed by atoms with van der Waals surface area (Å²) >= 11 is 0. The number of hydrogen-bond donors (Lipinski definition) is 2. The van der Waals surface area contributed by atoms with Crippen LogP contribution in [-0.2, 0) is 13.0 Å². The highest BCUT2D eigenvalue weighted by Gasteiger charge is 2.25. The number of fused-ring (bicyclic) bond motifs is 1. The zero-order valence-corrected chi connectivity index (χ0v) is 10.5.